The van der Waals surface area contributed by atoms with E-state index in [0.29, 0.717) is 0 Å². The SMILES string of the molecule is CCOC(=O)CC(=O)[C@H]1CC(F)CN1C(=O)O. The predicted molar refractivity (Wildman–Crippen MR) is 54.3 cm³/mol. The van der Waals surface area contributed by atoms with Gasteiger partial charge in [0.15, 0.2) is 5.78 Å². The fourth-order valence-corrected chi connectivity index (χ4v) is 1.77. The van der Waals surface area contributed by atoms with Crippen molar-refractivity contribution in [2.24, 2.45) is 0 Å². The first-order valence-electron chi connectivity index (χ1n) is 5.27. The van der Waals surface area contributed by atoms with Crippen LogP contribution >= 0.6 is 0 Å². The second-order valence-electron chi connectivity index (χ2n) is 3.73. The maximum atomic E-state index is 13.1. The summed E-state index contributed by atoms with van der Waals surface area (Å²) in [6, 6.07) is -1.08. The molecule has 1 N–H and O–H groups in total. The molecule has 6 nitrogen and oxygen atoms in total. The summed E-state index contributed by atoms with van der Waals surface area (Å²) in [6.45, 7) is 1.42. The number of hydrogen-bond acceptors (Lipinski definition) is 4. The molecule has 0 aromatic heterocycles. The van der Waals surface area contributed by atoms with Crippen LogP contribution in [-0.2, 0) is 14.3 Å². The molecule has 1 aliphatic heterocycles. The Bertz CT molecular complexity index is 333. The van der Waals surface area contributed by atoms with Gasteiger partial charge in [-0.3, -0.25) is 14.5 Å². The molecule has 0 radical (unpaired) electrons. The Hall–Kier alpha value is -1.66. The number of carboxylic acid groups (broad SMARTS) is 1. The second kappa shape index (κ2) is 5.60. The predicted octanol–water partition coefficient (Wildman–Crippen LogP) is 0.599. The van der Waals surface area contributed by atoms with Gasteiger partial charge in [-0.2, -0.15) is 0 Å². The van der Waals surface area contributed by atoms with Crippen molar-refractivity contribution in [3.05, 3.63) is 0 Å². The number of alkyl halides is 1. The van der Waals surface area contributed by atoms with E-state index in [9.17, 15) is 18.8 Å². The summed E-state index contributed by atoms with van der Waals surface area (Å²) in [5.41, 5.74) is 0. The highest BCUT2D eigenvalue weighted by Gasteiger charge is 2.40. The molecule has 2 atom stereocenters. The lowest BCUT2D eigenvalue weighted by atomic mass is 10.1. The van der Waals surface area contributed by atoms with E-state index >= 15 is 0 Å². The third kappa shape index (κ3) is 3.40. The molecule has 17 heavy (non-hydrogen) atoms. The second-order valence-corrected chi connectivity index (χ2v) is 3.73. The summed E-state index contributed by atoms with van der Waals surface area (Å²) in [5, 5.41) is 8.78. The van der Waals surface area contributed by atoms with Gasteiger partial charge in [-0.05, 0) is 6.92 Å². The van der Waals surface area contributed by atoms with Gasteiger partial charge in [0.05, 0.1) is 19.2 Å². The number of likely N-dealkylation sites (tertiary alicyclic amines) is 1. The first-order chi connectivity index (χ1) is 7.95. The summed E-state index contributed by atoms with van der Waals surface area (Å²) in [4.78, 5) is 34.2. The molecule has 96 valence electrons. The van der Waals surface area contributed by atoms with Gasteiger partial charge in [-0.25, -0.2) is 9.18 Å². The normalized spacial score (nSPS) is 23.5. The van der Waals surface area contributed by atoms with E-state index in [0.717, 1.165) is 4.90 Å². The van der Waals surface area contributed by atoms with E-state index in [-0.39, 0.29) is 19.6 Å². The molecule has 1 unspecified atom stereocenters. The third-order valence-corrected chi connectivity index (χ3v) is 2.49. The topological polar surface area (TPSA) is 83.9 Å². The van der Waals surface area contributed by atoms with Gasteiger partial charge in [0.25, 0.3) is 0 Å². The Kier molecular flexibility index (Phi) is 4.42. The van der Waals surface area contributed by atoms with Crippen molar-refractivity contribution in [3.63, 3.8) is 0 Å². The van der Waals surface area contributed by atoms with Gasteiger partial charge in [0.1, 0.15) is 12.6 Å². The van der Waals surface area contributed by atoms with Gasteiger partial charge in [-0.15, -0.1) is 0 Å². The summed E-state index contributed by atoms with van der Waals surface area (Å²) < 4.78 is 17.6. The van der Waals surface area contributed by atoms with E-state index < -0.39 is 36.5 Å². The summed E-state index contributed by atoms with van der Waals surface area (Å²) in [6.07, 6.45) is -3.42. The number of hydrogen-bond donors (Lipinski definition) is 1. The number of rotatable bonds is 4. The van der Waals surface area contributed by atoms with Crippen LogP contribution in [0.3, 0.4) is 0 Å². The van der Waals surface area contributed by atoms with Gasteiger partial charge in [0.2, 0.25) is 0 Å². The zero-order valence-electron chi connectivity index (χ0n) is 9.39. The Morgan fingerprint density at radius 1 is 1.47 bits per heavy atom. The van der Waals surface area contributed by atoms with E-state index in [4.69, 9.17) is 5.11 Å². The smallest absolute Gasteiger partial charge is 0.408 e. The van der Waals surface area contributed by atoms with Crippen molar-refractivity contribution in [1.82, 2.24) is 4.90 Å². The van der Waals surface area contributed by atoms with E-state index in [2.05, 4.69) is 4.74 Å². The van der Waals surface area contributed by atoms with Crippen LogP contribution in [0.1, 0.15) is 19.8 Å². The molecule has 0 aromatic carbocycles. The molecule has 0 aromatic rings. The zero-order chi connectivity index (χ0) is 13.0. The molecule has 0 aliphatic carbocycles. The molecule has 7 heteroatoms. The van der Waals surface area contributed by atoms with Crippen molar-refractivity contribution in [2.75, 3.05) is 13.2 Å². The lowest BCUT2D eigenvalue weighted by Crippen LogP contribution is -2.40. The quantitative estimate of drug-likeness (QED) is 0.581. The van der Waals surface area contributed by atoms with Crippen molar-refractivity contribution in [2.45, 2.75) is 32.0 Å². The maximum Gasteiger partial charge on any atom is 0.408 e. The van der Waals surface area contributed by atoms with Crippen LogP contribution in [0.25, 0.3) is 0 Å². The number of ether oxygens (including phenoxy) is 1. The molecule has 0 saturated carbocycles. The highest BCUT2D eigenvalue weighted by molar-refractivity contribution is 5.99. The first-order valence-corrected chi connectivity index (χ1v) is 5.27. The Balaban J connectivity index is 2.61. The highest BCUT2D eigenvalue weighted by Crippen LogP contribution is 2.22. The first kappa shape index (κ1) is 13.4. The monoisotopic (exact) mass is 247 g/mol. The van der Waals surface area contributed by atoms with Crippen molar-refractivity contribution in [3.8, 4) is 0 Å². The Labute approximate surface area is 97.3 Å². The molecule has 1 saturated heterocycles. The van der Waals surface area contributed by atoms with E-state index in [1.807, 2.05) is 0 Å². The highest BCUT2D eigenvalue weighted by atomic mass is 19.1. The fourth-order valence-electron chi connectivity index (χ4n) is 1.77. The Morgan fingerprint density at radius 3 is 2.65 bits per heavy atom. The molecule has 0 bridgehead atoms. The minimum absolute atomic E-state index is 0.144. The number of Topliss-reactive ketones (excluding diaryl/α,β-unsaturated/α-hetero) is 1. The third-order valence-electron chi connectivity index (χ3n) is 2.49. The minimum Gasteiger partial charge on any atom is -0.466 e. The number of ketones is 1. The number of nitrogens with zero attached hydrogens (tertiary/aromatic N) is 1. The van der Waals surface area contributed by atoms with Crippen LogP contribution in [0.2, 0.25) is 0 Å². The fraction of sp³-hybridized carbons (Fsp3) is 0.700. The van der Waals surface area contributed by atoms with E-state index in [1.54, 1.807) is 6.92 Å². The molecular weight excluding hydrogens is 233 g/mol. The van der Waals surface area contributed by atoms with Crippen LogP contribution in [0.4, 0.5) is 9.18 Å². The average Bonchev–Trinajstić information content (AvgIpc) is 2.60. The van der Waals surface area contributed by atoms with E-state index in [1.165, 1.54) is 0 Å². The van der Waals surface area contributed by atoms with Crippen LogP contribution in [0.5, 0.6) is 0 Å². The molecule has 1 fully saturated rings. The maximum absolute atomic E-state index is 13.1. The van der Waals surface area contributed by atoms with Gasteiger partial charge >= 0.3 is 12.1 Å². The zero-order valence-corrected chi connectivity index (χ0v) is 9.39. The number of esters is 1. The molecule has 1 heterocycles. The lowest BCUT2D eigenvalue weighted by Gasteiger charge is -2.19. The van der Waals surface area contributed by atoms with Gasteiger partial charge in [-0.1, -0.05) is 0 Å². The molecule has 1 amide bonds. The summed E-state index contributed by atoms with van der Waals surface area (Å²) >= 11 is 0. The number of amides is 1. The van der Waals surface area contributed by atoms with Crippen molar-refractivity contribution < 1.29 is 28.6 Å². The summed E-state index contributed by atoms with van der Waals surface area (Å²) in [5.74, 6) is -1.34. The molecule has 1 aliphatic rings. The average molecular weight is 247 g/mol. The molecule has 0 spiro atoms. The van der Waals surface area contributed by atoms with Crippen LogP contribution < -0.4 is 0 Å². The van der Waals surface area contributed by atoms with Crippen molar-refractivity contribution >= 4 is 17.8 Å². The van der Waals surface area contributed by atoms with Crippen LogP contribution in [0, 0.1) is 0 Å². The largest absolute Gasteiger partial charge is 0.466 e. The molecule has 1 rings (SSSR count). The van der Waals surface area contributed by atoms with Gasteiger partial charge in [0, 0.05) is 6.42 Å². The number of carbonyl (C=O) groups excluding carboxylic acids is 2. The van der Waals surface area contributed by atoms with Crippen LogP contribution in [0.15, 0.2) is 0 Å². The Morgan fingerprint density at radius 2 is 2.12 bits per heavy atom. The number of carbonyl (C=O) groups is 3. The number of halogens is 1. The lowest BCUT2D eigenvalue weighted by molar-refractivity contribution is -0.146. The minimum atomic E-state index is -1.36. The standard InChI is InChI=1S/C10H14FNO5/c1-2-17-9(14)4-8(13)7-3-6(11)5-12(7)10(15)16/h6-7H,2-5H2,1H3,(H,15,16)/t6?,7-/m1/s1. The van der Waals surface area contributed by atoms with Gasteiger partial charge < -0.3 is 9.84 Å². The summed E-state index contributed by atoms with van der Waals surface area (Å²) in [7, 11) is 0. The molecular formula is C10H14FNO5. The van der Waals surface area contributed by atoms with Crippen LogP contribution in [-0.4, -0.2) is 53.2 Å². The van der Waals surface area contributed by atoms with Crippen molar-refractivity contribution in [1.29, 1.82) is 0 Å².